The minimum absolute atomic E-state index is 0.0521. The number of nitrogen functional groups attached to an aromatic ring is 1. The maximum absolute atomic E-state index is 14.2. The van der Waals surface area contributed by atoms with E-state index in [4.69, 9.17) is 5.73 Å². The van der Waals surface area contributed by atoms with Crippen molar-refractivity contribution in [1.29, 1.82) is 0 Å². The van der Waals surface area contributed by atoms with E-state index in [2.05, 4.69) is 27.1 Å². The zero-order chi connectivity index (χ0) is 33.5. The molecular formula is C34H28F3N7O2S. The van der Waals surface area contributed by atoms with Crippen LogP contribution in [0.5, 0.6) is 0 Å². The number of anilines is 2. The fourth-order valence-corrected chi connectivity index (χ4v) is 6.45. The van der Waals surface area contributed by atoms with Gasteiger partial charge in [0.05, 0.1) is 39.2 Å². The molecule has 3 aromatic heterocycles. The van der Waals surface area contributed by atoms with Gasteiger partial charge in [0, 0.05) is 18.1 Å². The molecule has 6 aromatic rings. The number of carbonyl (C=O) groups is 1. The highest BCUT2D eigenvalue weighted by Crippen LogP contribution is 2.34. The summed E-state index contributed by atoms with van der Waals surface area (Å²) in [6.07, 6.45) is -2.20. The molecule has 0 spiro atoms. The third-order valence-electron chi connectivity index (χ3n) is 7.58. The van der Waals surface area contributed by atoms with Crippen molar-refractivity contribution in [2.24, 2.45) is 4.99 Å². The molecule has 0 aliphatic rings. The predicted octanol–water partition coefficient (Wildman–Crippen LogP) is 7.36. The summed E-state index contributed by atoms with van der Waals surface area (Å²) in [4.78, 5) is 22.1. The molecule has 9 nitrogen and oxygen atoms in total. The van der Waals surface area contributed by atoms with Crippen molar-refractivity contribution >= 4 is 51.6 Å². The van der Waals surface area contributed by atoms with Gasteiger partial charge < -0.3 is 11.1 Å². The number of fused-ring (bicyclic) bond motifs is 1. The molecule has 0 fully saturated rings. The van der Waals surface area contributed by atoms with Crippen LogP contribution < -0.4 is 11.1 Å². The van der Waals surface area contributed by atoms with E-state index in [1.165, 1.54) is 20.9 Å². The zero-order valence-corrected chi connectivity index (χ0v) is 26.1. The van der Waals surface area contributed by atoms with Gasteiger partial charge >= 0.3 is 6.18 Å². The lowest BCUT2D eigenvalue weighted by Gasteiger charge is -2.12. The zero-order valence-electron chi connectivity index (χ0n) is 25.2. The highest BCUT2D eigenvalue weighted by Gasteiger charge is 2.32. The van der Waals surface area contributed by atoms with Gasteiger partial charge in [-0.15, -0.1) is 0 Å². The van der Waals surface area contributed by atoms with E-state index in [1.54, 1.807) is 60.7 Å². The van der Waals surface area contributed by atoms with Crippen LogP contribution in [0, 0.1) is 6.92 Å². The van der Waals surface area contributed by atoms with E-state index < -0.39 is 28.6 Å². The van der Waals surface area contributed by atoms with Gasteiger partial charge in [-0.25, -0.2) is 8.89 Å². The molecule has 0 amide bonds. The van der Waals surface area contributed by atoms with Crippen molar-refractivity contribution in [2.75, 3.05) is 17.6 Å². The molecule has 3 N–H and O–H groups in total. The second-order valence-electron chi connectivity index (χ2n) is 10.7. The van der Waals surface area contributed by atoms with Crippen molar-refractivity contribution in [2.45, 2.75) is 24.9 Å². The number of hydrogen-bond donors (Lipinski definition) is 2. The number of halogens is 3. The maximum Gasteiger partial charge on any atom is 0.433 e. The lowest BCUT2D eigenvalue weighted by atomic mass is 10.0. The molecule has 13 heteroatoms. The first-order valence-electron chi connectivity index (χ1n) is 14.4. The Hall–Kier alpha value is -5.56. The van der Waals surface area contributed by atoms with E-state index in [1.807, 2.05) is 19.9 Å². The van der Waals surface area contributed by atoms with E-state index in [9.17, 15) is 22.2 Å². The van der Waals surface area contributed by atoms with Gasteiger partial charge in [-0.2, -0.15) is 18.3 Å². The number of alkyl halides is 3. The first kappa shape index (κ1) is 31.4. The van der Waals surface area contributed by atoms with Crippen LogP contribution in [-0.4, -0.2) is 42.0 Å². The number of aliphatic imine (C=N–C) groups is 1. The third-order valence-corrected chi connectivity index (χ3v) is 8.98. The number of aromatic nitrogens is 4. The summed E-state index contributed by atoms with van der Waals surface area (Å²) in [5.41, 5.74) is 9.50. The lowest BCUT2D eigenvalue weighted by molar-refractivity contribution is -0.141. The molecule has 0 saturated heterocycles. The van der Waals surface area contributed by atoms with Crippen LogP contribution in [0.3, 0.4) is 0 Å². The minimum atomic E-state index is -4.63. The first-order chi connectivity index (χ1) is 22.5. The van der Waals surface area contributed by atoms with Crippen molar-refractivity contribution < 1.29 is 22.2 Å². The van der Waals surface area contributed by atoms with Gasteiger partial charge in [0.2, 0.25) is 5.78 Å². The Morgan fingerprint density at radius 2 is 1.77 bits per heavy atom. The molecule has 0 aliphatic heterocycles. The average molecular weight is 656 g/mol. The number of benzene rings is 3. The second-order valence-corrected chi connectivity index (χ2v) is 12.0. The Bertz CT molecular complexity index is 2190. The Labute approximate surface area is 270 Å². The maximum atomic E-state index is 14.2. The van der Waals surface area contributed by atoms with Crippen LogP contribution in [0.15, 0.2) is 101 Å². The summed E-state index contributed by atoms with van der Waals surface area (Å²) in [5.74, 6) is -0.488. The van der Waals surface area contributed by atoms with Crippen molar-refractivity contribution in [1.82, 2.24) is 18.7 Å². The van der Waals surface area contributed by atoms with Crippen LogP contribution in [0.4, 0.5) is 30.4 Å². The summed E-state index contributed by atoms with van der Waals surface area (Å²) in [7, 11) is -1.92. The van der Waals surface area contributed by atoms with Crippen molar-refractivity contribution in [3.63, 3.8) is 0 Å². The number of ketones is 1. The first-order valence-corrected chi connectivity index (χ1v) is 15.5. The molecule has 3 aromatic carbocycles. The van der Waals surface area contributed by atoms with Gasteiger partial charge in [0.15, 0.2) is 11.0 Å². The molecule has 0 radical (unpaired) electrons. The molecule has 1 unspecified atom stereocenters. The molecule has 0 saturated carbocycles. The predicted molar refractivity (Wildman–Crippen MR) is 178 cm³/mol. The molecule has 0 bridgehead atoms. The third kappa shape index (κ3) is 5.92. The van der Waals surface area contributed by atoms with Crippen molar-refractivity contribution in [3.05, 3.63) is 114 Å². The average Bonchev–Trinajstić information content (AvgIpc) is 3.64. The number of nitrogens with one attached hydrogen (secondary N) is 1. The Morgan fingerprint density at radius 3 is 2.47 bits per heavy atom. The summed E-state index contributed by atoms with van der Waals surface area (Å²) < 4.78 is 57.3. The van der Waals surface area contributed by atoms with Gasteiger partial charge in [-0.3, -0.25) is 18.7 Å². The molecular weight excluding hydrogens is 627 g/mol. The molecule has 1 atom stereocenters. The monoisotopic (exact) mass is 655 g/mol. The molecule has 238 valence electrons. The topological polar surface area (TPSA) is 120 Å². The van der Waals surface area contributed by atoms with Gasteiger partial charge in [0.1, 0.15) is 17.2 Å². The standard InChI is InChI=1S/C34H28F3N7O2S/c1-4-40-27-12-9-24(18-28(27)39-3)43-33(38)26(19-42-43)32(45)30-16-23-8-7-21(22-13-14-41-31(17-22)34(35,36)37)15-29(23)44(30)47(46)25-10-5-20(2)6-11-25/h5-19,40H,3-4,38H2,1-2H3. The number of pyridine rings is 1. The Morgan fingerprint density at radius 1 is 1.02 bits per heavy atom. The van der Waals surface area contributed by atoms with Crippen molar-refractivity contribution in [3.8, 4) is 16.8 Å². The molecule has 0 aliphatic carbocycles. The Kier molecular flexibility index (Phi) is 8.24. The smallest absolute Gasteiger partial charge is 0.384 e. The number of nitrogens with two attached hydrogens (primary N) is 1. The molecule has 47 heavy (non-hydrogen) atoms. The minimum Gasteiger partial charge on any atom is -0.384 e. The van der Waals surface area contributed by atoms with Crippen LogP contribution in [0.25, 0.3) is 27.7 Å². The lowest BCUT2D eigenvalue weighted by Crippen LogP contribution is -2.15. The van der Waals surface area contributed by atoms with E-state index in [0.717, 1.165) is 23.5 Å². The second kappa shape index (κ2) is 12.3. The number of aryl methyl sites for hydroxylation is 1. The fourth-order valence-electron chi connectivity index (χ4n) is 5.22. The van der Waals surface area contributed by atoms with Crippen LogP contribution in [-0.2, 0) is 17.2 Å². The van der Waals surface area contributed by atoms with Gasteiger partial charge in [-0.05, 0) is 86.3 Å². The Balaban J connectivity index is 1.48. The quantitative estimate of drug-likeness (QED) is 0.124. The largest absolute Gasteiger partial charge is 0.433 e. The van der Waals surface area contributed by atoms with Crippen LogP contribution >= 0.6 is 0 Å². The number of hydrogen-bond acceptors (Lipinski definition) is 7. The number of carbonyl (C=O) groups excluding carboxylic acids is 1. The normalized spacial score (nSPS) is 12.3. The SMILES string of the molecule is C=Nc1cc(-n2ncc(C(=O)c3cc4ccc(-c5ccnc(C(F)(F)F)c5)cc4n3S(=O)c3ccc(C)cc3)c2N)ccc1NCC. The summed E-state index contributed by atoms with van der Waals surface area (Å²) >= 11 is 0. The van der Waals surface area contributed by atoms with Crippen LogP contribution in [0.2, 0.25) is 0 Å². The number of rotatable bonds is 9. The molecule has 6 rings (SSSR count). The van der Waals surface area contributed by atoms with Crippen LogP contribution in [0.1, 0.15) is 34.2 Å². The summed E-state index contributed by atoms with van der Waals surface area (Å²) in [6.45, 7) is 8.16. The summed E-state index contributed by atoms with van der Waals surface area (Å²) in [5, 5.41) is 8.12. The number of nitrogens with zero attached hydrogens (tertiary/aromatic N) is 5. The van der Waals surface area contributed by atoms with E-state index >= 15 is 0 Å². The summed E-state index contributed by atoms with van der Waals surface area (Å²) in [6, 6.07) is 21.2. The van der Waals surface area contributed by atoms with E-state index in [0.29, 0.717) is 39.3 Å². The van der Waals surface area contributed by atoms with Gasteiger partial charge in [0.25, 0.3) is 0 Å². The highest BCUT2D eigenvalue weighted by atomic mass is 32.2. The van der Waals surface area contributed by atoms with Gasteiger partial charge in [-0.1, -0.05) is 29.8 Å². The van der Waals surface area contributed by atoms with E-state index in [-0.39, 0.29) is 22.6 Å². The highest BCUT2D eigenvalue weighted by molar-refractivity contribution is 7.83. The molecule has 3 heterocycles. The fraction of sp³-hybridized carbons (Fsp3) is 0.118.